The SMILES string of the molecule is CC(C)N(CCOCC(F)(F)F)Cc1ccccc1N. The van der Waals surface area contributed by atoms with E-state index in [0.717, 1.165) is 5.56 Å². The number of hydrogen-bond donors (Lipinski definition) is 1. The van der Waals surface area contributed by atoms with Crippen molar-refractivity contribution >= 4 is 5.69 Å². The Morgan fingerprint density at radius 2 is 1.90 bits per heavy atom. The predicted octanol–water partition coefficient (Wildman–Crippen LogP) is 3.06. The van der Waals surface area contributed by atoms with E-state index >= 15 is 0 Å². The van der Waals surface area contributed by atoms with Gasteiger partial charge >= 0.3 is 6.18 Å². The van der Waals surface area contributed by atoms with E-state index in [4.69, 9.17) is 5.73 Å². The van der Waals surface area contributed by atoms with Crippen LogP contribution in [0.2, 0.25) is 0 Å². The monoisotopic (exact) mass is 290 g/mol. The first-order chi connectivity index (χ1) is 9.29. The fourth-order valence-electron chi connectivity index (χ4n) is 1.79. The Bertz CT molecular complexity index is 408. The number of benzene rings is 1. The van der Waals surface area contributed by atoms with Crippen molar-refractivity contribution in [2.24, 2.45) is 0 Å². The van der Waals surface area contributed by atoms with Crippen molar-refractivity contribution in [3.8, 4) is 0 Å². The van der Waals surface area contributed by atoms with E-state index in [1.807, 2.05) is 43.0 Å². The molecule has 0 saturated heterocycles. The number of hydrogen-bond acceptors (Lipinski definition) is 3. The first kappa shape index (κ1) is 16.8. The van der Waals surface area contributed by atoms with Crippen LogP contribution < -0.4 is 5.73 Å². The van der Waals surface area contributed by atoms with Gasteiger partial charge in [0.15, 0.2) is 0 Å². The van der Waals surface area contributed by atoms with Crippen LogP contribution in [0, 0.1) is 0 Å². The van der Waals surface area contributed by atoms with E-state index in [1.54, 1.807) is 0 Å². The molecule has 0 atom stereocenters. The van der Waals surface area contributed by atoms with Crippen LogP contribution in [0.3, 0.4) is 0 Å². The minimum Gasteiger partial charge on any atom is -0.398 e. The van der Waals surface area contributed by atoms with Crippen LogP contribution in [0.25, 0.3) is 0 Å². The molecule has 20 heavy (non-hydrogen) atoms. The smallest absolute Gasteiger partial charge is 0.398 e. The zero-order valence-corrected chi connectivity index (χ0v) is 11.8. The maximum atomic E-state index is 12.0. The van der Waals surface area contributed by atoms with Gasteiger partial charge in [0, 0.05) is 24.8 Å². The third-order valence-electron chi connectivity index (χ3n) is 2.95. The van der Waals surface area contributed by atoms with Crippen LogP contribution in [-0.2, 0) is 11.3 Å². The highest BCUT2D eigenvalue weighted by atomic mass is 19.4. The molecular formula is C14H21F3N2O. The number of halogens is 3. The third kappa shape index (κ3) is 6.25. The summed E-state index contributed by atoms with van der Waals surface area (Å²) in [5.74, 6) is 0. The van der Waals surface area contributed by atoms with Gasteiger partial charge in [-0.15, -0.1) is 0 Å². The molecule has 1 rings (SSSR count). The number of anilines is 1. The van der Waals surface area contributed by atoms with Gasteiger partial charge in [-0.25, -0.2) is 0 Å². The van der Waals surface area contributed by atoms with Crippen molar-refractivity contribution in [1.29, 1.82) is 0 Å². The van der Waals surface area contributed by atoms with E-state index < -0.39 is 12.8 Å². The molecule has 0 spiro atoms. The van der Waals surface area contributed by atoms with Gasteiger partial charge in [-0.05, 0) is 25.5 Å². The molecule has 0 radical (unpaired) electrons. The van der Waals surface area contributed by atoms with Gasteiger partial charge in [0.25, 0.3) is 0 Å². The van der Waals surface area contributed by atoms with Gasteiger partial charge in [-0.3, -0.25) is 4.90 Å². The van der Waals surface area contributed by atoms with E-state index in [1.165, 1.54) is 0 Å². The first-order valence-electron chi connectivity index (χ1n) is 6.51. The molecule has 1 aromatic carbocycles. The van der Waals surface area contributed by atoms with Crippen molar-refractivity contribution in [2.45, 2.75) is 32.6 Å². The molecule has 0 aliphatic rings. The Balaban J connectivity index is 2.47. The molecule has 3 nitrogen and oxygen atoms in total. The molecule has 2 N–H and O–H groups in total. The van der Waals surface area contributed by atoms with Crippen LogP contribution >= 0.6 is 0 Å². The maximum Gasteiger partial charge on any atom is 0.411 e. The van der Waals surface area contributed by atoms with Gasteiger partial charge < -0.3 is 10.5 Å². The van der Waals surface area contributed by atoms with E-state index in [2.05, 4.69) is 4.74 Å². The molecule has 1 aromatic rings. The van der Waals surface area contributed by atoms with Crippen molar-refractivity contribution in [1.82, 2.24) is 4.90 Å². The minimum absolute atomic E-state index is 0.0461. The lowest BCUT2D eigenvalue weighted by molar-refractivity contribution is -0.174. The van der Waals surface area contributed by atoms with Crippen molar-refractivity contribution in [2.75, 3.05) is 25.5 Å². The minimum atomic E-state index is -4.27. The number of nitrogen functional groups attached to an aromatic ring is 1. The Kier molecular flexibility index (Phi) is 6.29. The second-order valence-electron chi connectivity index (χ2n) is 4.93. The quantitative estimate of drug-likeness (QED) is 0.619. The van der Waals surface area contributed by atoms with Crippen LogP contribution in [0.4, 0.5) is 18.9 Å². The number of para-hydroxylation sites is 1. The Morgan fingerprint density at radius 3 is 2.45 bits per heavy atom. The fourth-order valence-corrected chi connectivity index (χ4v) is 1.79. The summed E-state index contributed by atoms with van der Waals surface area (Å²) in [7, 11) is 0. The normalized spacial score (nSPS) is 12.3. The molecule has 0 unspecified atom stereocenters. The van der Waals surface area contributed by atoms with Crippen molar-refractivity contribution < 1.29 is 17.9 Å². The van der Waals surface area contributed by atoms with Crippen molar-refractivity contribution in [3.05, 3.63) is 29.8 Å². The second kappa shape index (κ2) is 7.50. The highest BCUT2D eigenvalue weighted by Gasteiger charge is 2.27. The Labute approximate surface area is 117 Å². The summed E-state index contributed by atoms with van der Waals surface area (Å²) < 4.78 is 40.6. The third-order valence-corrected chi connectivity index (χ3v) is 2.95. The summed E-state index contributed by atoms with van der Waals surface area (Å²) in [6.45, 7) is 3.85. The Hall–Kier alpha value is -1.27. The molecular weight excluding hydrogens is 269 g/mol. The Morgan fingerprint density at radius 1 is 1.25 bits per heavy atom. The first-order valence-corrected chi connectivity index (χ1v) is 6.51. The average Bonchev–Trinajstić information content (AvgIpc) is 2.33. The lowest BCUT2D eigenvalue weighted by atomic mass is 10.1. The van der Waals surface area contributed by atoms with Crippen molar-refractivity contribution in [3.63, 3.8) is 0 Å². The lowest BCUT2D eigenvalue weighted by Crippen LogP contribution is -2.34. The average molecular weight is 290 g/mol. The van der Waals surface area contributed by atoms with Gasteiger partial charge in [0.1, 0.15) is 6.61 Å². The van der Waals surface area contributed by atoms with Crippen LogP contribution in [-0.4, -0.2) is 36.9 Å². The second-order valence-corrected chi connectivity index (χ2v) is 4.93. The zero-order chi connectivity index (χ0) is 15.2. The van der Waals surface area contributed by atoms with E-state index in [0.29, 0.717) is 18.8 Å². The molecule has 0 amide bonds. The number of nitrogens with two attached hydrogens (primary N) is 1. The molecule has 114 valence electrons. The predicted molar refractivity (Wildman–Crippen MR) is 73.3 cm³/mol. The topological polar surface area (TPSA) is 38.5 Å². The van der Waals surface area contributed by atoms with Gasteiger partial charge in [0.2, 0.25) is 0 Å². The standard InChI is InChI=1S/C14H21F3N2O/c1-11(2)19(7-8-20-10-14(15,16)17)9-12-5-3-4-6-13(12)18/h3-6,11H,7-10,18H2,1-2H3. The largest absolute Gasteiger partial charge is 0.411 e. The summed E-state index contributed by atoms with van der Waals surface area (Å²) >= 11 is 0. The summed E-state index contributed by atoms with van der Waals surface area (Å²) in [6.07, 6.45) is -4.27. The van der Waals surface area contributed by atoms with Gasteiger partial charge in [0.05, 0.1) is 6.61 Å². The highest BCUT2D eigenvalue weighted by Crippen LogP contribution is 2.16. The number of ether oxygens (including phenoxy) is 1. The summed E-state index contributed by atoms with van der Waals surface area (Å²) in [5.41, 5.74) is 7.53. The molecule has 0 fully saturated rings. The summed E-state index contributed by atoms with van der Waals surface area (Å²) in [5, 5.41) is 0. The molecule has 0 saturated carbocycles. The summed E-state index contributed by atoms with van der Waals surface area (Å²) in [4.78, 5) is 2.03. The fraction of sp³-hybridized carbons (Fsp3) is 0.571. The summed E-state index contributed by atoms with van der Waals surface area (Å²) in [6, 6.07) is 7.68. The van der Waals surface area contributed by atoms with Crippen LogP contribution in [0.1, 0.15) is 19.4 Å². The molecule has 0 heterocycles. The van der Waals surface area contributed by atoms with E-state index in [-0.39, 0.29) is 12.6 Å². The molecule has 0 aliphatic heterocycles. The lowest BCUT2D eigenvalue weighted by Gasteiger charge is -2.27. The number of alkyl halides is 3. The molecule has 6 heteroatoms. The molecule has 0 aliphatic carbocycles. The molecule has 0 aromatic heterocycles. The van der Waals surface area contributed by atoms with E-state index in [9.17, 15) is 13.2 Å². The van der Waals surface area contributed by atoms with Crippen LogP contribution in [0.15, 0.2) is 24.3 Å². The number of rotatable bonds is 7. The number of nitrogens with zero attached hydrogens (tertiary/aromatic N) is 1. The molecule has 0 bridgehead atoms. The van der Waals surface area contributed by atoms with Gasteiger partial charge in [-0.1, -0.05) is 18.2 Å². The van der Waals surface area contributed by atoms with Crippen LogP contribution in [0.5, 0.6) is 0 Å². The van der Waals surface area contributed by atoms with Gasteiger partial charge in [-0.2, -0.15) is 13.2 Å². The highest BCUT2D eigenvalue weighted by molar-refractivity contribution is 5.46. The zero-order valence-electron chi connectivity index (χ0n) is 11.8. The maximum absolute atomic E-state index is 12.0.